The fraction of sp³-hybridized carbons (Fsp3) is 0.500. The van der Waals surface area contributed by atoms with Gasteiger partial charge in [0.25, 0.3) is 0 Å². The normalized spacial score (nSPS) is 15.7. The van der Waals surface area contributed by atoms with Crippen LogP contribution in [0.2, 0.25) is 0 Å². The molecule has 0 aliphatic heterocycles. The van der Waals surface area contributed by atoms with Gasteiger partial charge in [-0.05, 0) is 23.3 Å². The minimum absolute atomic E-state index is 0.534. The molecule has 1 aliphatic carbocycles. The van der Waals surface area contributed by atoms with Crippen LogP contribution in [0, 0.1) is 0 Å². The monoisotopic (exact) mass is 222 g/mol. The highest BCUT2D eigenvalue weighted by atomic mass is 32.2. The van der Waals surface area contributed by atoms with Gasteiger partial charge in [0, 0.05) is 17.5 Å². The number of aromatic amines is 1. The van der Waals surface area contributed by atoms with Crippen molar-refractivity contribution in [3.63, 3.8) is 0 Å². The Morgan fingerprint density at radius 1 is 1.53 bits per heavy atom. The maximum Gasteiger partial charge on any atom is 0.209 e. The van der Waals surface area contributed by atoms with Gasteiger partial charge in [0.05, 0.1) is 12.2 Å². The van der Waals surface area contributed by atoms with Crippen LogP contribution in [0.5, 0.6) is 0 Å². The number of aromatic nitrogens is 6. The highest BCUT2D eigenvalue weighted by molar-refractivity contribution is 7.98. The number of tetrazole rings is 1. The largest absolute Gasteiger partial charge is 0.285 e. The van der Waals surface area contributed by atoms with Crippen LogP contribution in [0.15, 0.2) is 17.6 Å². The van der Waals surface area contributed by atoms with E-state index in [-0.39, 0.29) is 0 Å². The molecule has 15 heavy (non-hydrogen) atoms. The Morgan fingerprint density at radius 2 is 2.47 bits per heavy atom. The van der Waals surface area contributed by atoms with Crippen LogP contribution in [0.25, 0.3) is 0 Å². The van der Waals surface area contributed by atoms with Gasteiger partial charge in [0.2, 0.25) is 5.16 Å². The van der Waals surface area contributed by atoms with E-state index in [9.17, 15) is 0 Å². The molecule has 0 bridgehead atoms. The Labute approximate surface area is 90.4 Å². The summed E-state index contributed by atoms with van der Waals surface area (Å²) in [5.74, 6) is 0.851. The molecule has 2 heterocycles. The van der Waals surface area contributed by atoms with Crippen molar-refractivity contribution in [1.29, 1.82) is 0 Å². The first-order valence-corrected chi connectivity index (χ1v) is 5.80. The Hall–Kier alpha value is -1.37. The molecule has 1 N–H and O–H groups in total. The lowest BCUT2D eigenvalue weighted by molar-refractivity contribution is 0.565. The molecule has 0 unspecified atom stereocenters. The third kappa shape index (κ3) is 1.87. The second-order valence-corrected chi connectivity index (χ2v) is 4.47. The molecule has 0 aromatic carbocycles. The second kappa shape index (κ2) is 3.65. The first-order chi connectivity index (χ1) is 7.43. The zero-order valence-electron chi connectivity index (χ0n) is 8.00. The zero-order chi connectivity index (χ0) is 10.1. The number of nitrogens with zero attached hydrogens (tertiary/aromatic N) is 5. The maximum absolute atomic E-state index is 4.01. The Bertz CT molecular complexity index is 432. The molecule has 1 aliphatic rings. The summed E-state index contributed by atoms with van der Waals surface area (Å²) in [6.07, 6.45) is 6.10. The molecule has 2 aromatic heterocycles. The number of hydrogen-bond donors (Lipinski definition) is 1. The van der Waals surface area contributed by atoms with Crippen molar-refractivity contribution in [3.05, 3.63) is 18.0 Å². The summed E-state index contributed by atoms with van der Waals surface area (Å²) in [7, 11) is 0. The highest BCUT2D eigenvalue weighted by Crippen LogP contribution is 2.36. The molecule has 1 saturated carbocycles. The van der Waals surface area contributed by atoms with Crippen LogP contribution in [-0.4, -0.2) is 30.4 Å². The highest BCUT2D eigenvalue weighted by Gasteiger charge is 2.27. The third-order valence-electron chi connectivity index (χ3n) is 2.28. The van der Waals surface area contributed by atoms with Gasteiger partial charge in [-0.25, -0.2) is 4.68 Å². The third-order valence-corrected chi connectivity index (χ3v) is 3.28. The summed E-state index contributed by atoms with van der Waals surface area (Å²) in [6.45, 7) is 0. The lowest BCUT2D eigenvalue weighted by Gasteiger charge is -1.99. The summed E-state index contributed by atoms with van der Waals surface area (Å²) >= 11 is 1.65. The maximum atomic E-state index is 4.01. The van der Waals surface area contributed by atoms with Gasteiger partial charge in [-0.2, -0.15) is 5.10 Å². The van der Waals surface area contributed by atoms with Gasteiger partial charge in [-0.1, -0.05) is 11.8 Å². The summed E-state index contributed by atoms with van der Waals surface area (Å²) < 4.78 is 1.92. The molecule has 0 spiro atoms. The van der Waals surface area contributed by atoms with E-state index in [4.69, 9.17) is 0 Å². The minimum Gasteiger partial charge on any atom is -0.285 e. The van der Waals surface area contributed by atoms with Crippen LogP contribution < -0.4 is 0 Å². The van der Waals surface area contributed by atoms with Crippen molar-refractivity contribution in [2.75, 3.05) is 0 Å². The van der Waals surface area contributed by atoms with Crippen molar-refractivity contribution in [2.24, 2.45) is 0 Å². The van der Waals surface area contributed by atoms with Crippen molar-refractivity contribution in [2.45, 2.75) is 29.8 Å². The van der Waals surface area contributed by atoms with Crippen LogP contribution in [0.1, 0.15) is 24.4 Å². The molecule has 3 rings (SSSR count). The molecule has 0 atom stereocenters. The number of hydrogen-bond acceptors (Lipinski definition) is 5. The van der Waals surface area contributed by atoms with Gasteiger partial charge in [0.1, 0.15) is 0 Å². The minimum atomic E-state index is 0.534. The summed E-state index contributed by atoms with van der Waals surface area (Å²) in [5, 5.41) is 19.3. The predicted molar refractivity (Wildman–Crippen MR) is 54.2 cm³/mol. The molecular formula is C8H10N6S. The first kappa shape index (κ1) is 8.90. The molecule has 78 valence electrons. The molecule has 2 aromatic rings. The van der Waals surface area contributed by atoms with Crippen molar-refractivity contribution < 1.29 is 0 Å². The predicted octanol–water partition coefficient (Wildman–Crippen LogP) is 1.02. The molecule has 6 nitrogen and oxygen atoms in total. The number of rotatable bonds is 4. The molecule has 7 heteroatoms. The van der Waals surface area contributed by atoms with Crippen molar-refractivity contribution in [1.82, 2.24) is 30.4 Å². The van der Waals surface area contributed by atoms with Crippen molar-refractivity contribution in [3.8, 4) is 0 Å². The summed E-state index contributed by atoms with van der Waals surface area (Å²) in [5.41, 5.74) is 1.16. The SMILES string of the molecule is c1n[nH]cc1CSc1nnnn1C1CC1. The average Bonchev–Trinajstić information content (AvgIpc) is 2.81. The summed E-state index contributed by atoms with van der Waals surface area (Å²) in [6, 6.07) is 0.534. The lowest BCUT2D eigenvalue weighted by Crippen LogP contribution is -1.98. The molecule has 0 radical (unpaired) electrons. The van der Waals surface area contributed by atoms with E-state index >= 15 is 0 Å². The van der Waals surface area contributed by atoms with E-state index in [1.807, 2.05) is 17.1 Å². The average molecular weight is 222 g/mol. The number of nitrogens with one attached hydrogen (secondary N) is 1. The quantitative estimate of drug-likeness (QED) is 0.782. The fourth-order valence-electron chi connectivity index (χ4n) is 1.33. The molecule has 1 fully saturated rings. The van der Waals surface area contributed by atoms with Crippen LogP contribution in [0.3, 0.4) is 0 Å². The van der Waals surface area contributed by atoms with Crippen LogP contribution in [-0.2, 0) is 5.75 Å². The number of H-pyrrole nitrogens is 1. The molecule has 0 saturated heterocycles. The van der Waals surface area contributed by atoms with Gasteiger partial charge < -0.3 is 0 Å². The summed E-state index contributed by atoms with van der Waals surface area (Å²) in [4.78, 5) is 0. The van der Waals surface area contributed by atoms with Gasteiger partial charge in [-0.3, -0.25) is 5.10 Å². The second-order valence-electron chi connectivity index (χ2n) is 3.53. The van der Waals surface area contributed by atoms with E-state index < -0.39 is 0 Å². The van der Waals surface area contributed by atoms with E-state index in [0.29, 0.717) is 6.04 Å². The van der Waals surface area contributed by atoms with E-state index in [2.05, 4.69) is 25.7 Å². The zero-order valence-corrected chi connectivity index (χ0v) is 8.81. The fourth-order valence-corrected chi connectivity index (χ4v) is 2.20. The van der Waals surface area contributed by atoms with Gasteiger partial charge >= 0.3 is 0 Å². The van der Waals surface area contributed by atoms with Crippen LogP contribution in [0.4, 0.5) is 0 Å². The Morgan fingerprint density at radius 3 is 3.20 bits per heavy atom. The topological polar surface area (TPSA) is 72.3 Å². The molecular weight excluding hydrogens is 212 g/mol. The van der Waals surface area contributed by atoms with E-state index in [1.54, 1.807) is 11.8 Å². The lowest BCUT2D eigenvalue weighted by atomic mass is 10.4. The number of thioether (sulfide) groups is 1. The van der Waals surface area contributed by atoms with E-state index in [0.717, 1.165) is 16.5 Å². The van der Waals surface area contributed by atoms with Gasteiger partial charge in [-0.15, -0.1) is 5.10 Å². The standard InChI is InChI=1S/C8H10N6S/c1-2-7(1)14-8(11-12-13-14)15-5-6-3-9-10-4-6/h3-4,7H,1-2,5H2,(H,9,10). The Kier molecular flexibility index (Phi) is 2.17. The Balaban J connectivity index is 1.68. The van der Waals surface area contributed by atoms with Crippen molar-refractivity contribution >= 4 is 11.8 Å². The molecule has 0 amide bonds. The van der Waals surface area contributed by atoms with E-state index in [1.165, 1.54) is 12.8 Å². The first-order valence-electron chi connectivity index (χ1n) is 4.82. The van der Waals surface area contributed by atoms with Crippen LogP contribution >= 0.6 is 11.8 Å². The van der Waals surface area contributed by atoms with Gasteiger partial charge in [0.15, 0.2) is 0 Å². The smallest absolute Gasteiger partial charge is 0.209 e.